The topological polar surface area (TPSA) is 32.3 Å². The molecule has 10 heavy (non-hydrogen) atoms. The highest BCUT2D eigenvalue weighted by Gasteiger charge is 2.01. The predicted octanol–water partition coefficient (Wildman–Crippen LogP) is 1.10. The van der Waals surface area contributed by atoms with Gasteiger partial charge in [-0.3, -0.25) is 0 Å². The van der Waals surface area contributed by atoms with E-state index in [0.29, 0.717) is 11.6 Å². The molecular formula is C7H14ClNO. The lowest BCUT2D eigenvalue weighted by atomic mass is 10.2. The van der Waals surface area contributed by atoms with E-state index in [4.69, 9.17) is 16.7 Å². The zero-order valence-corrected chi connectivity index (χ0v) is 6.99. The molecule has 0 aromatic rings. The van der Waals surface area contributed by atoms with E-state index < -0.39 is 0 Å². The normalized spacial score (nSPS) is 13.1. The molecule has 0 amide bonds. The van der Waals surface area contributed by atoms with Gasteiger partial charge in [-0.2, -0.15) is 0 Å². The summed E-state index contributed by atoms with van der Waals surface area (Å²) in [5.74, 6) is 0. The first-order valence-electron chi connectivity index (χ1n) is 3.38. The summed E-state index contributed by atoms with van der Waals surface area (Å²) in [5.41, 5.74) is 0. The maximum atomic E-state index is 8.70. The number of aliphatic hydroxyl groups is 1. The second kappa shape index (κ2) is 5.71. The Balaban J connectivity index is 3.34. The van der Waals surface area contributed by atoms with Crippen molar-refractivity contribution in [1.82, 2.24) is 5.32 Å². The average Bonchev–Trinajstić information content (AvgIpc) is 1.90. The first kappa shape index (κ1) is 9.95. The summed E-state index contributed by atoms with van der Waals surface area (Å²) in [6.07, 6.45) is 0.903. The van der Waals surface area contributed by atoms with E-state index in [0.717, 1.165) is 6.42 Å². The largest absolute Gasteiger partial charge is 0.395 e. The molecule has 0 aromatic heterocycles. The van der Waals surface area contributed by atoms with E-state index in [1.807, 2.05) is 6.92 Å². The van der Waals surface area contributed by atoms with Gasteiger partial charge >= 0.3 is 0 Å². The van der Waals surface area contributed by atoms with E-state index >= 15 is 0 Å². The monoisotopic (exact) mass is 163 g/mol. The van der Waals surface area contributed by atoms with E-state index in [2.05, 4.69) is 11.9 Å². The van der Waals surface area contributed by atoms with Crippen LogP contribution in [0, 0.1) is 0 Å². The van der Waals surface area contributed by atoms with Gasteiger partial charge in [0.2, 0.25) is 0 Å². The summed E-state index contributed by atoms with van der Waals surface area (Å²) < 4.78 is 0. The van der Waals surface area contributed by atoms with Gasteiger partial charge in [-0.15, -0.1) is 0 Å². The number of halogens is 1. The van der Waals surface area contributed by atoms with Gasteiger partial charge in [0, 0.05) is 17.6 Å². The third-order valence-electron chi connectivity index (χ3n) is 1.30. The molecule has 0 saturated carbocycles. The minimum atomic E-state index is 0.149. The predicted molar refractivity (Wildman–Crippen MR) is 44.2 cm³/mol. The Bertz CT molecular complexity index is 102. The van der Waals surface area contributed by atoms with Crippen LogP contribution in [0.15, 0.2) is 11.6 Å². The van der Waals surface area contributed by atoms with E-state index in [1.165, 1.54) is 0 Å². The quantitative estimate of drug-likeness (QED) is 0.636. The van der Waals surface area contributed by atoms with Gasteiger partial charge in [0.05, 0.1) is 6.61 Å². The van der Waals surface area contributed by atoms with Crippen molar-refractivity contribution in [2.45, 2.75) is 19.4 Å². The maximum Gasteiger partial charge on any atom is 0.0584 e. The Morgan fingerprint density at radius 2 is 2.40 bits per heavy atom. The zero-order valence-electron chi connectivity index (χ0n) is 6.23. The number of nitrogens with one attached hydrogen (secondary N) is 1. The Morgan fingerprint density at radius 3 is 2.70 bits per heavy atom. The van der Waals surface area contributed by atoms with Crippen LogP contribution in [0.1, 0.15) is 13.3 Å². The van der Waals surface area contributed by atoms with Gasteiger partial charge in [-0.25, -0.2) is 0 Å². The Hall–Kier alpha value is -0.0500. The summed E-state index contributed by atoms with van der Waals surface area (Å²) in [6.45, 7) is 6.25. The Labute approximate surface area is 66.9 Å². The number of rotatable bonds is 5. The van der Waals surface area contributed by atoms with Crippen LogP contribution in [0.4, 0.5) is 0 Å². The SMILES string of the molecule is C=C(Cl)CNC(CC)CO. The lowest BCUT2D eigenvalue weighted by molar-refractivity contribution is 0.242. The van der Waals surface area contributed by atoms with Crippen molar-refractivity contribution in [3.8, 4) is 0 Å². The van der Waals surface area contributed by atoms with Crippen molar-refractivity contribution in [3.05, 3.63) is 11.6 Å². The van der Waals surface area contributed by atoms with E-state index in [-0.39, 0.29) is 12.6 Å². The number of hydrogen-bond acceptors (Lipinski definition) is 2. The zero-order chi connectivity index (χ0) is 7.98. The first-order valence-corrected chi connectivity index (χ1v) is 3.76. The van der Waals surface area contributed by atoms with Crippen molar-refractivity contribution in [2.75, 3.05) is 13.2 Å². The molecule has 0 aliphatic heterocycles. The highest BCUT2D eigenvalue weighted by Crippen LogP contribution is 1.95. The maximum absolute atomic E-state index is 8.70. The molecule has 3 heteroatoms. The molecule has 0 aliphatic rings. The highest BCUT2D eigenvalue weighted by atomic mass is 35.5. The lowest BCUT2D eigenvalue weighted by Crippen LogP contribution is -2.32. The van der Waals surface area contributed by atoms with Crippen molar-refractivity contribution >= 4 is 11.6 Å². The molecule has 1 unspecified atom stereocenters. The van der Waals surface area contributed by atoms with E-state index in [9.17, 15) is 0 Å². The lowest BCUT2D eigenvalue weighted by Gasteiger charge is -2.12. The molecule has 0 bridgehead atoms. The molecule has 0 rings (SSSR count). The Morgan fingerprint density at radius 1 is 1.80 bits per heavy atom. The van der Waals surface area contributed by atoms with Gasteiger partial charge in [-0.05, 0) is 6.42 Å². The summed E-state index contributed by atoms with van der Waals surface area (Å²) in [7, 11) is 0. The fraction of sp³-hybridized carbons (Fsp3) is 0.714. The van der Waals surface area contributed by atoms with Crippen LogP contribution in [0.2, 0.25) is 0 Å². The number of hydrogen-bond donors (Lipinski definition) is 2. The summed E-state index contributed by atoms with van der Waals surface area (Å²) in [5, 5.41) is 12.3. The van der Waals surface area contributed by atoms with Crippen molar-refractivity contribution in [3.63, 3.8) is 0 Å². The fourth-order valence-corrected chi connectivity index (χ4v) is 0.670. The molecule has 2 nitrogen and oxygen atoms in total. The summed E-state index contributed by atoms with van der Waals surface area (Å²) >= 11 is 5.50. The van der Waals surface area contributed by atoms with Gasteiger partial charge in [0.25, 0.3) is 0 Å². The minimum absolute atomic E-state index is 0.149. The summed E-state index contributed by atoms with van der Waals surface area (Å²) in [4.78, 5) is 0. The third-order valence-corrected chi connectivity index (χ3v) is 1.43. The highest BCUT2D eigenvalue weighted by molar-refractivity contribution is 6.29. The smallest absolute Gasteiger partial charge is 0.0584 e. The number of aliphatic hydroxyl groups excluding tert-OH is 1. The van der Waals surface area contributed by atoms with Crippen LogP contribution < -0.4 is 5.32 Å². The van der Waals surface area contributed by atoms with Gasteiger partial charge in [0.15, 0.2) is 0 Å². The first-order chi connectivity index (χ1) is 4.70. The Kier molecular flexibility index (Phi) is 5.69. The van der Waals surface area contributed by atoms with Crippen LogP contribution >= 0.6 is 11.6 Å². The second-order valence-corrected chi connectivity index (χ2v) is 2.72. The second-order valence-electron chi connectivity index (χ2n) is 2.19. The van der Waals surface area contributed by atoms with Crippen LogP contribution in [-0.2, 0) is 0 Å². The summed E-state index contributed by atoms with van der Waals surface area (Å²) in [6, 6.07) is 0.149. The van der Waals surface area contributed by atoms with Crippen molar-refractivity contribution < 1.29 is 5.11 Å². The molecule has 0 fully saturated rings. The van der Waals surface area contributed by atoms with Crippen LogP contribution in [0.5, 0.6) is 0 Å². The molecule has 60 valence electrons. The van der Waals surface area contributed by atoms with Gasteiger partial charge in [0.1, 0.15) is 0 Å². The molecule has 2 N–H and O–H groups in total. The molecular weight excluding hydrogens is 150 g/mol. The van der Waals surface area contributed by atoms with Crippen molar-refractivity contribution in [1.29, 1.82) is 0 Å². The molecule has 0 aliphatic carbocycles. The molecule has 0 heterocycles. The molecule has 0 saturated heterocycles. The molecule has 1 atom stereocenters. The minimum Gasteiger partial charge on any atom is -0.395 e. The molecule has 0 spiro atoms. The standard InChI is InChI=1S/C7H14ClNO/c1-3-7(5-10)9-4-6(2)8/h7,9-10H,2-5H2,1H3. The van der Waals surface area contributed by atoms with Crippen LogP contribution in [-0.4, -0.2) is 24.3 Å². The fourth-order valence-electron chi connectivity index (χ4n) is 0.593. The average molecular weight is 164 g/mol. The van der Waals surface area contributed by atoms with E-state index in [1.54, 1.807) is 0 Å². The van der Waals surface area contributed by atoms with Gasteiger partial charge in [-0.1, -0.05) is 25.1 Å². The van der Waals surface area contributed by atoms with Crippen LogP contribution in [0.25, 0.3) is 0 Å². The third kappa shape index (κ3) is 4.79. The molecule has 0 aromatic carbocycles. The molecule has 0 radical (unpaired) electrons. The van der Waals surface area contributed by atoms with Crippen molar-refractivity contribution in [2.24, 2.45) is 0 Å². The van der Waals surface area contributed by atoms with Crippen LogP contribution in [0.3, 0.4) is 0 Å². The van der Waals surface area contributed by atoms with Gasteiger partial charge < -0.3 is 10.4 Å².